The number of hydrogen-bond donors (Lipinski definition) is 2. The van der Waals surface area contributed by atoms with Crippen molar-refractivity contribution in [2.45, 2.75) is 38.1 Å². The number of hydrogen-bond acceptors (Lipinski definition) is 3. The molecule has 0 aromatic carbocycles. The Bertz CT molecular complexity index is 552. The Morgan fingerprint density at radius 1 is 1.26 bits per heavy atom. The van der Waals surface area contributed by atoms with E-state index >= 15 is 0 Å². The van der Waals surface area contributed by atoms with Gasteiger partial charge in [-0.15, -0.1) is 0 Å². The third-order valence-electron chi connectivity index (χ3n) is 4.23. The Morgan fingerprint density at radius 3 is 2.95 bits per heavy atom. The van der Waals surface area contributed by atoms with Crippen molar-refractivity contribution in [1.29, 1.82) is 0 Å². The first-order chi connectivity index (χ1) is 9.40. The molecule has 1 aliphatic carbocycles. The zero-order chi connectivity index (χ0) is 12.7. The third-order valence-corrected chi connectivity index (χ3v) is 4.23. The summed E-state index contributed by atoms with van der Waals surface area (Å²) in [5.41, 5.74) is 4.23. The summed E-state index contributed by atoms with van der Waals surface area (Å²) in [6.07, 6.45) is 8.57. The maximum Gasteiger partial charge on any atom is 0.120 e. The van der Waals surface area contributed by atoms with Crippen molar-refractivity contribution in [2.24, 2.45) is 0 Å². The summed E-state index contributed by atoms with van der Waals surface area (Å²) in [5, 5.41) is 7.81. The molecule has 1 aliphatic heterocycles. The molecule has 1 saturated carbocycles. The number of nitrogens with zero attached hydrogens (tertiary/aromatic N) is 3. The van der Waals surface area contributed by atoms with Gasteiger partial charge in [-0.05, 0) is 24.8 Å². The van der Waals surface area contributed by atoms with E-state index in [0.717, 1.165) is 44.2 Å². The van der Waals surface area contributed by atoms with Crippen molar-refractivity contribution in [3.8, 4) is 0 Å². The number of imidazole rings is 1. The van der Waals surface area contributed by atoms with Crippen LogP contribution in [0.25, 0.3) is 0 Å². The fourth-order valence-electron chi connectivity index (χ4n) is 3.00. The van der Waals surface area contributed by atoms with Gasteiger partial charge in [-0.1, -0.05) is 0 Å². The third kappa shape index (κ3) is 2.18. The summed E-state index contributed by atoms with van der Waals surface area (Å²) in [5.74, 6) is 1.81. The molecule has 3 heterocycles. The summed E-state index contributed by atoms with van der Waals surface area (Å²) in [6, 6.07) is 0. The number of aromatic amines is 2. The van der Waals surface area contributed by atoms with E-state index in [1.807, 2.05) is 12.4 Å². The molecule has 5 nitrogen and oxygen atoms in total. The monoisotopic (exact) mass is 257 g/mol. The van der Waals surface area contributed by atoms with Gasteiger partial charge in [0, 0.05) is 43.5 Å². The standard InChI is InChI=1S/C14H19N5/c1-2-10(1)14-11-3-7-19(8-4-12(11)17-18-14)9-13-15-5-6-16-13/h5-6,10H,1-4,7-9H2,(H,15,16)(H,17,18). The summed E-state index contributed by atoms with van der Waals surface area (Å²) < 4.78 is 0. The minimum atomic E-state index is 0.747. The molecule has 2 aliphatic rings. The lowest BCUT2D eigenvalue weighted by atomic mass is 10.1. The quantitative estimate of drug-likeness (QED) is 0.878. The molecular formula is C14H19N5. The zero-order valence-electron chi connectivity index (χ0n) is 11.0. The topological polar surface area (TPSA) is 60.6 Å². The maximum absolute atomic E-state index is 4.54. The van der Waals surface area contributed by atoms with E-state index in [2.05, 4.69) is 25.1 Å². The Labute approximate surface area is 112 Å². The number of aromatic nitrogens is 4. The second kappa shape index (κ2) is 4.49. The minimum Gasteiger partial charge on any atom is -0.348 e. The number of rotatable bonds is 3. The fraction of sp³-hybridized carbons (Fsp3) is 0.571. The van der Waals surface area contributed by atoms with Crippen LogP contribution in [0.3, 0.4) is 0 Å². The Hall–Kier alpha value is -1.62. The molecular weight excluding hydrogens is 238 g/mol. The molecule has 0 amide bonds. The lowest BCUT2D eigenvalue weighted by molar-refractivity contribution is 0.272. The van der Waals surface area contributed by atoms with Gasteiger partial charge in [0.05, 0.1) is 12.2 Å². The van der Waals surface area contributed by atoms with Crippen LogP contribution in [0.4, 0.5) is 0 Å². The molecule has 2 N–H and O–H groups in total. The van der Waals surface area contributed by atoms with Crippen LogP contribution in [0, 0.1) is 0 Å². The minimum absolute atomic E-state index is 0.747. The summed E-state index contributed by atoms with van der Waals surface area (Å²) >= 11 is 0. The second-order valence-corrected chi connectivity index (χ2v) is 5.65. The van der Waals surface area contributed by atoms with Crippen LogP contribution in [0.5, 0.6) is 0 Å². The van der Waals surface area contributed by atoms with Crippen molar-refractivity contribution in [1.82, 2.24) is 25.1 Å². The van der Waals surface area contributed by atoms with Crippen molar-refractivity contribution in [3.63, 3.8) is 0 Å². The molecule has 0 bridgehead atoms. The molecule has 4 rings (SSSR count). The van der Waals surface area contributed by atoms with E-state index in [0.29, 0.717) is 0 Å². The van der Waals surface area contributed by atoms with Crippen LogP contribution >= 0.6 is 0 Å². The summed E-state index contributed by atoms with van der Waals surface area (Å²) in [6.45, 7) is 3.11. The summed E-state index contributed by atoms with van der Waals surface area (Å²) in [4.78, 5) is 9.98. The van der Waals surface area contributed by atoms with Gasteiger partial charge < -0.3 is 4.98 Å². The smallest absolute Gasteiger partial charge is 0.120 e. The SMILES string of the molecule is c1c[nH]c(CN2CCc3[nH]nc(C4CC4)c3CC2)n1. The van der Waals surface area contributed by atoms with Crippen molar-refractivity contribution < 1.29 is 0 Å². The molecule has 100 valence electrons. The molecule has 5 heteroatoms. The molecule has 0 radical (unpaired) electrons. The largest absolute Gasteiger partial charge is 0.348 e. The van der Waals surface area contributed by atoms with Gasteiger partial charge in [0.15, 0.2) is 0 Å². The average Bonchev–Trinajstić information content (AvgIpc) is 3.05. The van der Waals surface area contributed by atoms with Gasteiger partial charge in [0.25, 0.3) is 0 Å². The predicted octanol–water partition coefficient (Wildman–Crippen LogP) is 1.61. The van der Waals surface area contributed by atoms with Crippen molar-refractivity contribution in [2.75, 3.05) is 13.1 Å². The van der Waals surface area contributed by atoms with E-state index in [-0.39, 0.29) is 0 Å². The lowest BCUT2D eigenvalue weighted by Gasteiger charge is -2.18. The molecule has 19 heavy (non-hydrogen) atoms. The van der Waals surface area contributed by atoms with Gasteiger partial charge in [-0.25, -0.2) is 4.98 Å². The summed E-state index contributed by atoms with van der Waals surface area (Å²) in [7, 11) is 0. The van der Waals surface area contributed by atoms with Gasteiger partial charge in [-0.2, -0.15) is 5.10 Å². The molecule has 1 fully saturated rings. The van der Waals surface area contributed by atoms with Crippen LogP contribution in [0.15, 0.2) is 12.4 Å². The average molecular weight is 257 g/mol. The number of nitrogens with one attached hydrogen (secondary N) is 2. The molecule has 0 saturated heterocycles. The maximum atomic E-state index is 4.54. The van der Waals surface area contributed by atoms with Gasteiger partial charge in [0.1, 0.15) is 5.82 Å². The lowest BCUT2D eigenvalue weighted by Crippen LogP contribution is -2.26. The zero-order valence-corrected chi connectivity index (χ0v) is 11.0. The highest BCUT2D eigenvalue weighted by molar-refractivity contribution is 5.32. The van der Waals surface area contributed by atoms with E-state index in [1.54, 1.807) is 0 Å². The van der Waals surface area contributed by atoms with Gasteiger partial charge >= 0.3 is 0 Å². The molecule has 0 unspecified atom stereocenters. The highest BCUT2D eigenvalue weighted by Gasteiger charge is 2.31. The Balaban J connectivity index is 1.48. The van der Waals surface area contributed by atoms with Crippen LogP contribution < -0.4 is 0 Å². The van der Waals surface area contributed by atoms with Gasteiger partial charge in [0.2, 0.25) is 0 Å². The number of H-pyrrole nitrogens is 2. The van der Waals surface area contributed by atoms with Crippen molar-refractivity contribution in [3.05, 3.63) is 35.2 Å². The molecule has 0 atom stereocenters. The molecule has 0 spiro atoms. The Morgan fingerprint density at radius 2 is 2.16 bits per heavy atom. The molecule has 2 aromatic rings. The van der Waals surface area contributed by atoms with Crippen LogP contribution in [0.1, 0.15) is 41.5 Å². The highest BCUT2D eigenvalue weighted by Crippen LogP contribution is 2.41. The fourth-order valence-corrected chi connectivity index (χ4v) is 3.00. The number of fused-ring (bicyclic) bond motifs is 1. The predicted molar refractivity (Wildman–Crippen MR) is 71.8 cm³/mol. The highest BCUT2D eigenvalue weighted by atomic mass is 15.2. The van der Waals surface area contributed by atoms with E-state index in [4.69, 9.17) is 0 Å². The Kier molecular flexibility index (Phi) is 2.65. The van der Waals surface area contributed by atoms with E-state index < -0.39 is 0 Å². The van der Waals surface area contributed by atoms with Gasteiger partial charge in [-0.3, -0.25) is 10.00 Å². The van der Waals surface area contributed by atoms with E-state index in [9.17, 15) is 0 Å². The second-order valence-electron chi connectivity index (χ2n) is 5.65. The molecule has 2 aromatic heterocycles. The van der Waals surface area contributed by atoms with Crippen LogP contribution in [0.2, 0.25) is 0 Å². The van der Waals surface area contributed by atoms with Crippen LogP contribution in [-0.2, 0) is 19.4 Å². The van der Waals surface area contributed by atoms with Crippen molar-refractivity contribution >= 4 is 0 Å². The first kappa shape index (κ1) is 11.2. The van der Waals surface area contributed by atoms with Crippen LogP contribution in [-0.4, -0.2) is 38.2 Å². The first-order valence-corrected chi connectivity index (χ1v) is 7.17. The first-order valence-electron chi connectivity index (χ1n) is 7.17. The van der Waals surface area contributed by atoms with E-state index in [1.165, 1.54) is 29.8 Å². The normalized spacial score (nSPS) is 20.2.